The van der Waals surface area contributed by atoms with Crippen LogP contribution in [0, 0.1) is 0 Å². The van der Waals surface area contributed by atoms with Crippen LogP contribution in [0.5, 0.6) is 11.5 Å². The second-order valence-corrected chi connectivity index (χ2v) is 7.93. The molecule has 1 unspecified atom stereocenters. The lowest BCUT2D eigenvalue weighted by atomic mass is 9.95. The van der Waals surface area contributed by atoms with Gasteiger partial charge in [-0.1, -0.05) is 24.8 Å². The summed E-state index contributed by atoms with van der Waals surface area (Å²) in [6, 6.07) is 5.21. The van der Waals surface area contributed by atoms with Gasteiger partial charge in [-0.25, -0.2) is 9.48 Å². The number of fused-ring (bicyclic) bond motifs is 1. The van der Waals surface area contributed by atoms with Gasteiger partial charge in [-0.2, -0.15) is 4.98 Å². The first-order chi connectivity index (χ1) is 15.0. The van der Waals surface area contributed by atoms with E-state index in [1.807, 2.05) is 39.0 Å². The third-order valence-electron chi connectivity index (χ3n) is 4.65. The molecule has 168 valence electrons. The molecule has 0 saturated carbocycles. The first-order valence-corrected chi connectivity index (χ1v) is 11.7. The molecule has 0 saturated heterocycles. The molecular weight excluding hydrogens is 416 g/mol. The van der Waals surface area contributed by atoms with Crippen LogP contribution in [0.3, 0.4) is 0 Å². The zero-order valence-electron chi connectivity index (χ0n) is 18.7. The maximum absolute atomic E-state index is 12.9. The minimum atomic E-state index is -0.492. The number of hydrogen-bond acceptors (Lipinski definition) is 8. The molecule has 3 rings (SSSR count). The standard InChI is InChI=1S/C22H30N4O4S/c1-6-12-31-22-24-21-23-14(5)18(20(27)30-9-4)19(26(21)25-22)15-10-11-16(28-7-2)17(13-15)29-8-3/h10-11,13,19H,6-9,12H2,1-5H3,(H,23,24,25). The molecule has 1 aromatic carbocycles. The molecule has 9 heteroatoms. The van der Waals surface area contributed by atoms with Crippen LogP contribution in [-0.2, 0) is 9.53 Å². The van der Waals surface area contributed by atoms with Gasteiger partial charge in [0.1, 0.15) is 6.04 Å². The first-order valence-electron chi connectivity index (χ1n) is 10.7. The van der Waals surface area contributed by atoms with Crippen molar-refractivity contribution >= 4 is 23.7 Å². The normalized spacial score (nSPS) is 15.3. The summed E-state index contributed by atoms with van der Waals surface area (Å²) in [6.07, 6.45) is 1.02. The van der Waals surface area contributed by atoms with Crippen LogP contribution in [0.25, 0.3) is 0 Å². The zero-order valence-corrected chi connectivity index (χ0v) is 19.5. The Morgan fingerprint density at radius 2 is 1.87 bits per heavy atom. The molecule has 0 fully saturated rings. The summed E-state index contributed by atoms with van der Waals surface area (Å²) in [5.41, 5.74) is 2.04. The Balaban J connectivity index is 2.12. The van der Waals surface area contributed by atoms with Crippen molar-refractivity contribution in [3.63, 3.8) is 0 Å². The van der Waals surface area contributed by atoms with E-state index in [4.69, 9.17) is 19.3 Å². The van der Waals surface area contributed by atoms with Gasteiger partial charge in [0.05, 0.1) is 25.4 Å². The Hall–Kier alpha value is -2.68. The van der Waals surface area contributed by atoms with E-state index in [9.17, 15) is 4.79 Å². The molecule has 31 heavy (non-hydrogen) atoms. The number of benzene rings is 1. The van der Waals surface area contributed by atoms with Crippen LogP contribution in [0.1, 0.15) is 52.6 Å². The van der Waals surface area contributed by atoms with E-state index in [1.54, 1.807) is 23.4 Å². The average Bonchev–Trinajstić information content (AvgIpc) is 3.15. The molecule has 1 N–H and O–H groups in total. The predicted molar refractivity (Wildman–Crippen MR) is 121 cm³/mol. The number of aromatic nitrogens is 3. The van der Waals surface area contributed by atoms with Crippen LogP contribution in [0.2, 0.25) is 0 Å². The fraction of sp³-hybridized carbons (Fsp3) is 0.500. The molecule has 0 aliphatic carbocycles. The summed E-state index contributed by atoms with van der Waals surface area (Å²) in [7, 11) is 0. The third-order valence-corrected chi connectivity index (χ3v) is 5.69. The van der Waals surface area contributed by atoms with E-state index in [-0.39, 0.29) is 12.6 Å². The molecule has 1 aliphatic heterocycles. The van der Waals surface area contributed by atoms with Gasteiger partial charge < -0.3 is 19.5 Å². The Morgan fingerprint density at radius 1 is 1.13 bits per heavy atom. The molecule has 0 amide bonds. The lowest BCUT2D eigenvalue weighted by molar-refractivity contribution is -0.139. The van der Waals surface area contributed by atoms with Crippen molar-refractivity contribution in [3.05, 3.63) is 35.0 Å². The number of allylic oxidation sites excluding steroid dienone is 1. The number of esters is 1. The van der Waals surface area contributed by atoms with Crippen molar-refractivity contribution in [1.82, 2.24) is 14.8 Å². The van der Waals surface area contributed by atoms with Crippen molar-refractivity contribution in [2.45, 2.75) is 52.2 Å². The molecular formula is C22H30N4O4S. The van der Waals surface area contributed by atoms with E-state index in [0.717, 1.165) is 17.7 Å². The van der Waals surface area contributed by atoms with E-state index in [2.05, 4.69) is 17.2 Å². The average molecular weight is 447 g/mol. The lowest BCUT2D eigenvalue weighted by Gasteiger charge is -2.28. The molecule has 1 aliphatic rings. The summed E-state index contributed by atoms with van der Waals surface area (Å²) in [6.45, 7) is 10.9. The third kappa shape index (κ3) is 4.98. The fourth-order valence-corrected chi connectivity index (χ4v) is 4.09. The summed E-state index contributed by atoms with van der Waals surface area (Å²) >= 11 is 1.59. The highest BCUT2D eigenvalue weighted by atomic mass is 32.2. The lowest BCUT2D eigenvalue weighted by Crippen LogP contribution is -2.29. The molecule has 2 heterocycles. The number of carbonyl (C=O) groups excluding carboxylic acids is 1. The van der Waals surface area contributed by atoms with Crippen LogP contribution < -0.4 is 14.8 Å². The Kier molecular flexibility index (Phi) is 7.84. The van der Waals surface area contributed by atoms with E-state index < -0.39 is 6.04 Å². The van der Waals surface area contributed by atoms with Gasteiger partial charge in [0.2, 0.25) is 11.1 Å². The Morgan fingerprint density at radius 3 is 2.55 bits per heavy atom. The van der Waals surface area contributed by atoms with Gasteiger partial charge in [0.25, 0.3) is 0 Å². The summed E-state index contributed by atoms with van der Waals surface area (Å²) in [5.74, 6) is 2.43. The van der Waals surface area contributed by atoms with Crippen molar-refractivity contribution in [1.29, 1.82) is 0 Å². The minimum Gasteiger partial charge on any atom is -0.490 e. The highest BCUT2D eigenvalue weighted by molar-refractivity contribution is 7.99. The van der Waals surface area contributed by atoms with E-state index in [1.165, 1.54) is 0 Å². The minimum absolute atomic E-state index is 0.289. The van der Waals surface area contributed by atoms with Crippen molar-refractivity contribution in [2.24, 2.45) is 0 Å². The number of nitrogens with one attached hydrogen (secondary N) is 1. The number of nitrogens with zero attached hydrogens (tertiary/aromatic N) is 3. The number of ether oxygens (including phenoxy) is 3. The maximum Gasteiger partial charge on any atom is 0.338 e. The van der Waals surface area contributed by atoms with Crippen molar-refractivity contribution in [2.75, 3.05) is 30.9 Å². The van der Waals surface area contributed by atoms with Gasteiger partial charge in [-0.15, -0.1) is 5.10 Å². The second-order valence-electron chi connectivity index (χ2n) is 6.87. The number of carbonyl (C=O) groups is 1. The summed E-state index contributed by atoms with van der Waals surface area (Å²) < 4.78 is 18.6. The number of hydrogen-bond donors (Lipinski definition) is 1. The Labute approximate surface area is 187 Å². The monoisotopic (exact) mass is 446 g/mol. The number of thioether (sulfide) groups is 1. The highest BCUT2D eigenvalue weighted by Gasteiger charge is 2.35. The zero-order chi connectivity index (χ0) is 22.4. The molecule has 1 atom stereocenters. The molecule has 2 aromatic rings. The highest BCUT2D eigenvalue weighted by Crippen LogP contribution is 2.40. The van der Waals surface area contributed by atoms with Gasteiger partial charge in [0, 0.05) is 11.4 Å². The fourth-order valence-electron chi connectivity index (χ4n) is 3.41. The predicted octanol–water partition coefficient (Wildman–Crippen LogP) is 4.43. The topological polar surface area (TPSA) is 87.5 Å². The maximum atomic E-state index is 12.9. The molecule has 1 aromatic heterocycles. The second kappa shape index (κ2) is 10.6. The van der Waals surface area contributed by atoms with Gasteiger partial charge in [-0.05, 0) is 51.8 Å². The smallest absolute Gasteiger partial charge is 0.338 e. The van der Waals surface area contributed by atoms with E-state index >= 15 is 0 Å². The van der Waals surface area contributed by atoms with Gasteiger partial charge >= 0.3 is 5.97 Å². The van der Waals surface area contributed by atoms with Crippen LogP contribution in [0.15, 0.2) is 34.6 Å². The van der Waals surface area contributed by atoms with Gasteiger partial charge in [0.15, 0.2) is 11.5 Å². The number of anilines is 1. The number of rotatable bonds is 10. The SMILES string of the molecule is CCCSc1nc2n(n1)C(c1ccc(OCC)c(OCC)c1)C(C(=O)OCC)=C(C)N2. The van der Waals surface area contributed by atoms with Crippen molar-refractivity contribution < 1.29 is 19.0 Å². The van der Waals surface area contributed by atoms with Crippen LogP contribution in [-0.4, -0.2) is 46.3 Å². The summed E-state index contributed by atoms with van der Waals surface area (Å²) in [4.78, 5) is 17.5. The molecule has 0 spiro atoms. The van der Waals surface area contributed by atoms with Crippen LogP contribution in [0.4, 0.5) is 5.95 Å². The van der Waals surface area contributed by atoms with Crippen LogP contribution >= 0.6 is 11.8 Å². The summed E-state index contributed by atoms with van der Waals surface area (Å²) in [5, 5.41) is 8.59. The van der Waals surface area contributed by atoms with E-state index in [0.29, 0.717) is 47.1 Å². The Bertz CT molecular complexity index is 957. The molecule has 8 nitrogen and oxygen atoms in total. The molecule has 0 bridgehead atoms. The molecule has 0 radical (unpaired) electrons. The van der Waals surface area contributed by atoms with Gasteiger partial charge in [-0.3, -0.25) is 0 Å². The van der Waals surface area contributed by atoms with Crippen molar-refractivity contribution in [3.8, 4) is 11.5 Å². The largest absolute Gasteiger partial charge is 0.490 e. The quantitative estimate of drug-likeness (QED) is 0.424. The first kappa shape index (κ1) is 23.0.